The van der Waals surface area contributed by atoms with Gasteiger partial charge in [0.2, 0.25) is 5.91 Å². The van der Waals surface area contributed by atoms with Crippen molar-refractivity contribution in [1.29, 1.82) is 0 Å². The van der Waals surface area contributed by atoms with E-state index in [9.17, 15) is 4.79 Å². The number of nitrogens with zero attached hydrogens (tertiary/aromatic N) is 1. The zero-order chi connectivity index (χ0) is 13.0. The number of hydrogen-bond donors (Lipinski definition) is 1. The van der Waals surface area contributed by atoms with E-state index >= 15 is 0 Å². The molecule has 0 spiro atoms. The molecule has 0 radical (unpaired) electrons. The van der Waals surface area contributed by atoms with Crippen LogP contribution in [0, 0.1) is 12.8 Å². The van der Waals surface area contributed by atoms with E-state index in [1.165, 1.54) is 16.2 Å². The molecule has 0 aromatic carbocycles. The van der Waals surface area contributed by atoms with Gasteiger partial charge in [-0.1, -0.05) is 0 Å². The van der Waals surface area contributed by atoms with Crippen molar-refractivity contribution >= 4 is 17.2 Å². The Morgan fingerprint density at radius 3 is 3.06 bits per heavy atom. The van der Waals surface area contributed by atoms with Crippen molar-refractivity contribution in [2.75, 3.05) is 26.7 Å². The fourth-order valence-electron chi connectivity index (χ4n) is 2.59. The summed E-state index contributed by atoms with van der Waals surface area (Å²) in [6.45, 7) is 4.96. The second-order valence-corrected chi connectivity index (χ2v) is 6.47. The smallest absolute Gasteiger partial charge is 0.227 e. The van der Waals surface area contributed by atoms with Crippen LogP contribution in [0.15, 0.2) is 12.1 Å². The summed E-state index contributed by atoms with van der Waals surface area (Å²) >= 11 is 1.73. The van der Waals surface area contributed by atoms with Crippen LogP contribution in [-0.2, 0) is 11.2 Å². The molecule has 2 rings (SSSR count). The quantitative estimate of drug-likeness (QED) is 0.904. The summed E-state index contributed by atoms with van der Waals surface area (Å²) in [7, 11) is 1.98. The molecule has 1 amide bonds. The molecule has 0 bridgehead atoms. The largest absolute Gasteiger partial charge is 0.342 e. The van der Waals surface area contributed by atoms with Crippen LogP contribution in [-0.4, -0.2) is 37.5 Å². The van der Waals surface area contributed by atoms with Crippen molar-refractivity contribution in [3.05, 3.63) is 21.9 Å². The monoisotopic (exact) mass is 266 g/mol. The van der Waals surface area contributed by atoms with Gasteiger partial charge in [-0.15, -0.1) is 11.3 Å². The maximum Gasteiger partial charge on any atom is 0.227 e. The maximum absolute atomic E-state index is 12.2. The summed E-state index contributed by atoms with van der Waals surface area (Å²) in [5.74, 6) is 0.912. The molecule has 1 unspecified atom stereocenters. The van der Waals surface area contributed by atoms with Crippen molar-refractivity contribution in [3.8, 4) is 0 Å². The molecular weight excluding hydrogens is 244 g/mol. The number of piperidine rings is 1. The van der Waals surface area contributed by atoms with Crippen LogP contribution in [0.3, 0.4) is 0 Å². The van der Waals surface area contributed by atoms with E-state index in [0.29, 0.717) is 12.3 Å². The third-order valence-electron chi connectivity index (χ3n) is 3.49. The molecule has 2 heterocycles. The average molecular weight is 266 g/mol. The van der Waals surface area contributed by atoms with Crippen LogP contribution in [0.4, 0.5) is 0 Å². The highest BCUT2D eigenvalue weighted by molar-refractivity contribution is 7.12. The Morgan fingerprint density at radius 1 is 1.56 bits per heavy atom. The molecule has 1 N–H and O–H groups in total. The third kappa shape index (κ3) is 3.56. The zero-order valence-electron chi connectivity index (χ0n) is 11.2. The van der Waals surface area contributed by atoms with Crippen molar-refractivity contribution in [2.45, 2.75) is 26.2 Å². The summed E-state index contributed by atoms with van der Waals surface area (Å²) in [4.78, 5) is 16.8. The SMILES string of the molecule is CNCC1CCCN(C(=O)Cc2ccc(C)s2)C1. The van der Waals surface area contributed by atoms with Crippen LogP contribution in [0.1, 0.15) is 22.6 Å². The lowest BCUT2D eigenvalue weighted by Crippen LogP contribution is -2.43. The van der Waals surface area contributed by atoms with Crippen LogP contribution in [0.2, 0.25) is 0 Å². The highest BCUT2D eigenvalue weighted by Crippen LogP contribution is 2.19. The third-order valence-corrected chi connectivity index (χ3v) is 4.49. The first-order valence-corrected chi connectivity index (χ1v) is 7.48. The minimum absolute atomic E-state index is 0.289. The van der Waals surface area contributed by atoms with E-state index in [2.05, 4.69) is 24.4 Å². The predicted octanol–water partition coefficient (Wildman–Crippen LogP) is 2.06. The Hall–Kier alpha value is -0.870. The van der Waals surface area contributed by atoms with Crippen molar-refractivity contribution in [2.24, 2.45) is 5.92 Å². The average Bonchev–Trinajstić information content (AvgIpc) is 2.75. The Morgan fingerprint density at radius 2 is 2.39 bits per heavy atom. The number of carbonyl (C=O) groups is 1. The second kappa shape index (κ2) is 6.34. The number of carbonyl (C=O) groups excluding carboxylic acids is 1. The number of thiophene rings is 1. The van der Waals surface area contributed by atoms with Crippen LogP contribution < -0.4 is 5.32 Å². The molecule has 1 aliphatic heterocycles. The van der Waals surface area contributed by atoms with Gasteiger partial charge in [-0.3, -0.25) is 4.79 Å². The molecule has 0 aliphatic carbocycles. The topological polar surface area (TPSA) is 32.3 Å². The molecule has 100 valence electrons. The van der Waals surface area contributed by atoms with Crippen molar-refractivity contribution in [3.63, 3.8) is 0 Å². The summed E-state index contributed by atoms with van der Waals surface area (Å²) in [6.07, 6.45) is 2.95. The molecule has 0 saturated carbocycles. The maximum atomic E-state index is 12.2. The second-order valence-electron chi connectivity index (χ2n) is 5.09. The van der Waals surface area contributed by atoms with Gasteiger partial charge in [0.15, 0.2) is 0 Å². The molecule has 1 aliphatic rings. The number of nitrogens with one attached hydrogen (secondary N) is 1. The minimum atomic E-state index is 0.289. The lowest BCUT2D eigenvalue weighted by molar-refractivity contribution is -0.132. The van der Waals surface area contributed by atoms with Gasteiger partial charge in [-0.05, 0) is 51.4 Å². The predicted molar refractivity (Wildman–Crippen MR) is 76.0 cm³/mol. The van der Waals surface area contributed by atoms with E-state index in [1.807, 2.05) is 11.9 Å². The fourth-order valence-corrected chi connectivity index (χ4v) is 3.47. The summed E-state index contributed by atoms with van der Waals surface area (Å²) < 4.78 is 0. The molecular formula is C14H22N2OS. The minimum Gasteiger partial charge on any atom is -0.342 e. The number of amides is 1. The Bertz CT molecular complexity index is 400. The number of hydrogen-bond acceptors (Lipinski definition) is 3. The molecule has 4 heteroatoms. The van der Waals surface area contributed by atoms with Gasteiger partial charge in [-0.25, -0.2) is 0 Å². The fraction of sp³-hybridized carbons (Fsp3) is 0.643. The lowest BCUT2D eigenvalue weighted by Gasteiger charge is -2.32. The van der Waals surface area contributed by atoms with E-state index in [0.717, 1.165) is 26.1 Å². The van der Waals surface area contributed by atoms with Gasteiger partial charge in [-0.2, -0.15) is 0 Å². The van der Waals surface area contributed by atoms with Gasteiger partial charge in [0.05, 0.1) is 6.42 Å². The Balaban J connectivity index is 1.88. The molecule has 1 fully saturated rings. The summed E-state index contributed by atoms with van der Waals surface area (Å²) in [5, 5.41) is 3.21. The highest BCUT2D eigenvalue weighted by atomic mass is 32.1. The standard InChI is InChI=1S/C14H22N2OS/c1-11-5-6-13(18-11)8-14(17)16-7-3-4-12(10-16)9-15-2/h5-6,12,15H,3-4,7-10H2,1-2H3. The molecule has 1 saturated heterocycles. The highest BCUT2D eigenvalue weighted by Gasteiger charge is 2.23. The molecule has 1 aromatic heterocycles. The molecule has 18 heavy (non-hydrogen) atoms. The first-order chi connectivity index (χ1) is 8.69. The zero-order valence-corrected chi connectivity index (χ0v) is 12.1. The lowest BCUT2D eigenvalue weighted by atomic mass is 9.98. The number of rotatable bonds is 4. The number of aryl methyl sites for hydroxylation is 1. The molecule has 1 aromatic rings. The van der Waals surface area contributed by atoms with Gasteiger partial charge in [0, 0.05) is 22.8 Å². The first-order valence-electron chi connectivity index (χ1n) is 6.66. The van der Waals surface area contributed by atoms with Crippen LogP contribution in [0.5, 0.6) is 0 Å². The molecule has 3 nitrogen and oxygen atoms in total. The Kier molecular flexibility index (Phi) is 4.78. The van der Waals surface area contributed by atoms with E-state index < -0.39 is 0 Å². The van der Waals surface area contributed by atoms with Crippen LogP contribution in [0.25, 0.3) is 0 Å². The first kappa shape index (κ1) is 13.6. The number of likely N-dealkylation sites (tertiary alicyclic amines) is 1. The van der Waals surface area contributed by atoms with Crippen molar-refractivity contribution in [1.82, 2.24) is 10.2 Å². The van der Waals surface area contributed by atoms with E-state index in [-0.39, 0.29) is 5.91 Å². The van der Waals surface area contributed by atoms with Gasteiger partial charge >= 0.3 is 0 Å². The van der Waals surface area contributed by atoms with Crippen LogP contribution >= 0.6 is 11.3 Å². The molecule has 1 atom stereocenters. The summed E-state index contributed by atoms with van der Waals surface area (Å²) in [5.41, 5.74) is 0. The van der Waals surface area contributed by atoms with Gasteiger partial charge in [0.1, 0.15) is 0 Å². The Labute approximate surface area is 113 Å². The van der Waals surface area contributed by atoms with Gasteiger partial charge in [0.25, 0.3) is 0 Å². The van der Waals surface area contributed by atoms with E-state index in [1.54, 1.807) is 11.3 Å². The normalized spacial score (nSPS) is 20.1. The van der Waals surface area contributed by atoms with E-state index in [4.69, 9.17) is 0 Å². The summed E-state index contributed by atoms with van der Waals surface area (Å²) in [6, 6.07) is 4.17. The van der Waals surface area contributed by atoms with Crippen molar-refractivity contribution < 1.29 is 4.79 Å². The van der Waals surface area contributed by atoms with Gasteiger partial charge < -0.3 is 10.2 Å².